The largest absolute Gasteiger partial charge is 0.431 e. The summed E-state index contributed by atoms with van der Waals surface area (Å²) < 4.78 is 5.12. The third-order valence-electron chi connectivity index (χ3n) is 9.84. The number of carbonyl (C=O) groups excluding carboxylic acids is 1. The number of rotatable bonds is 2. The topological polar surface area (TPSA) is 108 Å². The number of aldehydes is 1. The average Bonchev–Trinajstić information content (AvgIpc) is 2.99. The molecular weight excluding hydrogens is 384 g/mol. The van der Waals surface area contributed by atoms with E-state index in [1.807, 2.05) is 6.07 Å². The maximum Gasteiger partial charge on any atom is 0.335 e. The lowest BCUT2D eigenvalue weighted by atomic mass is 9.41. The predicted octanol–water partition coefficient (Wildman–Crippen LogP) is 2.54. The highest BCUT2D eigenvalue weighted by molar-refractivity contribution is 5.64. The van der Waals surface area contributed by atoms with Crippen LogP contribution in [0.5, 0.6) is 0 Å². The van der Waals surface area contributed by atoms with Gasteiger partial charge in [-0.1, -0.05) is 6.92 Å². The summed E-state index contributed by atoms with van der Waals surface area (Å²) in [5, 5.41) is 33.8. The van der Waals surface area contributed by atoms with Crippen molar-refractivity contribution in [2.24, 2.45) is 22.7 Å². The summed E-state index contributed by atoms with van der Waals surface area (Å²) >= 11 is 0. The van der Waals surface area contributed by atoms with Crippen molar-refractivity contribution in [2.45, 2.75) is 87.9 Å². The minimum Gasteiger partial charge on any atom is -0.431 e. The fourth-order valence-corrected chi connectivity index (χ4v) is 8.25. The van der Waals surface area contributed by atoms with Crippen LogP contribution in [0.1, 0.15) is 76.2 Å². The molecule has 6 nitrogen and oxygen atoms in total. The second kappa shape index (κ2) is 6.50. The van der Waals surface area contributed by atoms with Crippen LogP contribution in [-0.4, -0.2) is 38.9 Å². The van der Waals surface area contributed by atoms with E-state index in [4.69, 9.17) is 4.42 Å². The lowest BCUT2D eigenvalue weighted by Crippen LogP contribution is -2.68. The molecule has 1 heterocycles. The van der Waals surface area contributed by atoms with Crippen LogP contribution >= 0.6 is 0 Å². The number of aliphatic hydroxyl groups is 3. The van der Waals surface area contributed by atoms with Crippen molar-refractivity contribution in [1.82, 2.24) is 0 Å². The molecule has 164 valence electrons. The highest BCUT2D eigenvalue weighted by Crippen LogP contribution is 2.70. The molecule has 0 bridgehead atoms. The molecule has 4 saturated carbocycles. The molecule has 3 N–H and O–H groups in total. The van der Waals surface area contributed by atoms with E-state index in [0.29, 0.717) is 32.1 Å². The van der Waals surface area contributed by atoms with E-state index in [9.17, 15) is 24.9 Å². The molecule has 0 radical (unpaired) electrons. The van der Waals surface area contributed by atoms with Crippen molar-refractivity contribution in [2.75, 3.05) is 0 Å². The van der Waals surface area contributed by atoms with Gasteiger partial charge < -0.3 is 24.5 Å². The summed E-state index contributed by atoms with van der Waals surface area (Å²) in [5.74, 6) is -0.0431. The van der Waals surface area contributed by atoms with E-state index in [-0.39, 0.29) is 35.2 Å². The van der Waals surface area contributed by atoms with E-state index in [0.717, 1.165) is 31.1 Å². The van der Waals surface area contributed by atoms with Crippen molar-refractivity contribution in [3.05, 3.63) is 34.4 Å². The van der Waals surface area contributed by atoms with Crippen LogP contribution in [0.15, 0.2) is 27.6 Å². The number of aliphatic hydroxyl groups excluding tert-OH is 1. The lowest BCUT2D eigenvalue weighted by Gasteiger charge is -2.65. The van der Waals surface area contributed by atoms with Gasteiger partial charge >= 0.3 is 5.63 Å². The normalized spacial score (nSPS) is 50.3. The standard InChI is InChI=1S/C24H32O6/c1-21-8-5-18-19(6-10-23(28)12-16(26)4-9-22(18,23)14-25)24(21,29)11-7-17(21)15-2-3-20(27)30-13-15/h2-3,13-14,16-19,26,28-29H,4-12H2,1H3/t16-,17-,18?,19?,21+,22?,23-,24-/m0/s1. The molecule has 6 heteroatoms. The van der Waals surface area contributed by atoms with E-state index in [1.165, 1.54) is 12.3 Å². The predicted molar refractivity (Wildman–Crippen MR) is 109 cm³/mol. The Bertz CT molecular complexity index is 891. The Hall–Kier alpha value is -1.50. The lowest BCUT2D eigenvalue weighted by molar-refractivity contribution is -0.247. The van der Waals surface area contributed by atoms with Crippen molar-refractivity contribution in [3.63, 3.8) is 0 Å². The fraction of sp³-hybridized carbons (Fsp3) is 0.750. The molecule has 0 aliphatic heterocycles. The first-order valence-electron chi connectivity index (χ1n) is 11.4. The second-order valence-corrected chi connectivity index (χ2v) is 10.7. The minimum absolute atomic E-state index is 0.0577. The Morgan fingerprint density at radius 2 is 1.80 bits per heavy atom. The molecule has 4 aliphatic carbocycles. The van der Waals surface area contributed by atoms with E-state index in [2.05, 4.69) is 6.92 Å². The Morgan fingerprint density at radius 3 is 2.50 bits per heavy atom. The molecule has 0 saturated heterocycles. The molecule has 0 amide bonds. The van der Waals surface area contributed by atoms with Crippen molar-refractivity contribution >= 4 is 6.29 Å². The molecule has 8 atom stereocenters. The van der Waals surface area contributed by atoms with E-state index < -0.39 is 22.7 Å². The summed E-state index contributed by atoms with van der Waals surface area (Å²) in [7, 11) is 0. The molecule has 5 rings (SSSR count). The van der Waals surface area contributed by atoms with Crippen LogP contribution in [-0.2, 0) is 4.79 Å². The van der Waals surface area contributed by atoms with Gasteiger partial charge in [-0.15, -0.1) is 0 Å². The highest BCUT2D eigenvalue weighted by Gasteiger charge is 2.71. The maximum atomic E-state index is 12.5. The molecule has 30 heavy (non-hydrogen) atoms. The quantitative estimate of drug-likeness (QED) is 0.640. The molecule has 4 fully saturated rings. The zero-order valence-corrected chi connectivity index (χ0v) is 17.5. The zero-order chi connectivity index (χ0) is 21.4. The monoisotopic (exact) mass is 416 g/mol. The van der Waals surface area contributed by atoms with Crippen LogP contribution in [0, 0.1) is 22.7 Å². The molecule has 0 aromatic carbocycles. The van der Waals surface area contributed by atoms with Gasteiger partial charge in [0, 0.05) is 17.9 Å². The number of fused-ring (bicyclic) bond motifs is 5. The molecule has 4 aliphatic rings. The van der Waals surface area contributed by atoms with Gasteiger partial charge in [0.1, 0.15) is 6.29 Å². The number of hydrogen-bond acceptors (Lipinski definition) is 6. The molecule has 0 spiro atoms. The fourth-order valence-electron chi connectivity index (χ4n) is 8.25. The summed E-state index contributed by atoms with van der Waals surface area (Å²) in [6, 6.07) is 3.26. The first-order valence-corrected chi connectivity index (χ1v) is 11.4. The van der Waals surface area contributed by atoms with E-state index >= 15 is 0 Å². The number of carbonyl (C=O) groups is 1. The Balaban J connectivity index is 1.53. The molecular formula is C24H32O6. The van der Waals surface area contributed by atoms with Gasteiger partial charge in [-0.2, -0.15) is 0 Å². The van der Waals surface area contributed by atoms with Crippen molar-refractivity contribution in [3.8, 4) is 0 Å². The smallest absolute Gasteiger partial charge is 0.335 e. The Morgan fingerprint density at radius 1 is 1.03 bits per heavy atom. The van der Waals surface area contributed by atoms with Gasteiger partial charge in [0.25, 0.3) is 0 Å². The third kappa shape index (κ3) is 2.41. The zero-order valence-electron chi connectivity index (χ0n) is 17.5. The van der Waals surface area contributed by atoms with Gasteiger partial charge in [-0.25, -0.2) is 4.79 Å². The first kappa shape index (κ1) is 20.4. The molecule has 1 aromatic heterocycles. The van der Waals surface area contributed by atoms with Gasteiger partial charge in [0.15, 0.2) is 0 Å². The minimum atomic E-state index is -1.18. The van der Waals surface area contributed by atoms with Crippen LogP contribution < -0.4 is 5.63 Å². The van der Waals surface area contributed by atoms with Gasteiger partial charge in [-0.05, 0) is 80.8 Å². The summed E-state index contributed by atoms with van der Waals surface area (Å²) in [4.78, 5) is 23.9. The highest BCUT2D eigenvalue weighted by atomic mass is 16.4. The van der Waals surface area contributed by atoms with Crippen LogP contribution in [0.3, 0.4) is 0 Å². The van der Waals surface area contributed by atoms with Gasteiger partial charge in [0.05, 0.1) is 29.0 Å². The summed E-state index contributed by atoms with van der Waals surface area (Å²) in [6.45, 7) is 2.14. The Labute approximate surface area is 176 Å². The van der Waals surface area contributed by atoms with Crippen LogP contribution in [0.25, 0.3) is 0 Å². The SMILES string of the molecule is C[C@]12CCC3C(CC[C@]4(O)C[C@@H](O)CCC34C=O)[C@@]1(O)CC[C@H]2c1ccc(=O)oc1. The molecule has 1 aromatic rings. The van der Waals surface area contributed by atoms with Crippen molar-refractivity contribution < 1.29 is 24.5 Å². The van der Waals surface area contributed by atoms with E-state index in [1.54, 1.807) is 0 Å². The Kier molecular flexibility index (Phi) is 4.42. The summed E-state index contributed by atoms with van der Waals surface area (Å²) in [6.07, 6.45) is 7.24. The maximum absolute atomic E-state index is 12.5. The van der Waals surface area contributed by atoms with Crippen LogP contribution in [0.4, 0.5) is 0 Å². The number of hydrogen-bond donors (Lipinski definition) is 3. The summed E-state index contributed by atoms with van der Waals surface area (Å²) in [5.41, 5.74) is -2.79. The second-order valence-electron chi connectivity index (χ2n) is 10.7. The van der Waals surface area contributed by atoms with Gasteiger partial charge in [0.2, 0.25) is 0 Å². The van der Waals surface area contributed by atoms with Gasteiger partial charge in [-0.3, -0.25) is 0 Å². The van der Waals surface area contributed by atoms with Crippen LogP contribution in [0.2, 0.25) is 0 Å². The average molecular weight is 417 g/mol. The molecule has 3 unspecified atom stereocenters. The third-order valence-corrected chi connectivity index (χ3v) is 9.84. The first-order chi connectivity index (χ1) is 14.2. The van der Waals surface area contributed by atoms with Crippen molar-refractivity contribution in [1.29, 1.82) is 0 Å².